The first-order valence-corrected chi connectivity index (χ1v) is 6.25. The van der Waals surface area contributed by atoms with Crippen molar-refractivity contribution in [1.82, 2.24) is 10.1 Å². The molecule has 1 aromatic heterocycles. The number of aromatic nitrogens is 2. The summed E-state index contributed by atoms with van der Waals surface area (Å²) in [5.74, 6) is 0.382. The maximum Gasteiger partial charge on any atom is 0.411 e. The topological polar surface area (TPSA) is 74.2 Å². The fourth-order valence-corrected chi connectivity index (χ4v) is 1.70. The lowest BCUT2D eigenvalue weighted by Crippen LogP contribution is -2.18. The average Bonchev–Trinajstić information content (AvgIpc) is 2.85. The van der Waals surface area contributed by atoms with Crippen LogP contribution in [0.3, 0.4) is 0 Å². The van der Waals surface area contributed by atoms with E-state index in [1.165, 1.54) is 0 Å². The predicted molar refractivity (Wildman–Crippen MR) is 69.7 cm³/mol. The second-order valence-corrected chi connectivity index (χ2v) is 4.60. The van der Waals surface area contributed by atoms with Crippen LogP contribution in [0.15, 0.2) is 22.7 Å². The fraction of sp³-hybridized carbons (Fsp3) is 0.333. The van der Waals surface area contributed by atoms with Crippen LogP contribution in [-0.2, 0) is 11.2 Å². The van der Waals surface area contributed by atoms with Crippen molar-refractivity contribution in [3.05, 3.63) is 29.0 Å². The van der Waals surface area contributed by atoms with Gasteiger partial charge in [0, 0.05) is 17.1 Å². The third kappa shape index (κ3) is 4.61. The molecule has 0 saturated carbocycles. The Kier molecular flexibility index (Phi) is 4.69. The Morgan fingerprint density at radius 3 is 2.81 bits per heavy atom. The van der Waals surface area contributed by atoms with E-state index < -0.39 is 12.8 Å². The van der Waals surface area contributed by atoms with Crippen LogP contribution in [0.4, 0.5) is 18.9 Å². The number of nitrogen functional groups attached to an aromatic ring is 1. The summed E-state index contributed by atoms with van der Waals surface area (Å²) in [4.78, 5) is 4.04. The lowest BCUT2D eigenvalue weighted by Gasteiger charge is -2.05. The SMILES string of the molecule is Nc1ccc(Cl)cc1-c1nc(CCOCC(F)(F)F)no1. The van der Waals surface area contributed by atoms with Gasteiger partial charge in [-0.25, -0.2) is 0 Å². The van der Waals surface area contributed by atoms with E-state index >= 15 is 0 Å². The molecular formula is C12H11ClF3N3O2. The van der Waals surface area contributed by atoms with E-state index in [1.54, 1.807) is 18.2 Å². The molecule has 1 heterocycles. The third-order valence-electron chi connectivity index (χ3n) is 2.45. The lowest BCUT2D eigenvalue weighted by atomic mass is 10.2. The Hall–Kier alpha value is -1.80. The minimum Gasteiger partial charge on any atom is -0.398 e. The molecule has 1 aromatic carbocycles. The van der Waals surface area contributed by atoms with Crippen LogP contribution in [0.5, 0.6) is 0 Å². The Balaban J connectivity index is 1.97. The Morgan fingerprint density at radius 1 is 1.33 bits per heavy atom. The van der Waals surface area contributed by atoms with Gasteiger partial charge < -0.3 is 15.0 Å². The van der Waals surface area contributed by atoms with E-state index in [-0.39, 0.29) is 24.7 Å². The molecule has 0 aliphatic heterocycles. The van der Waals surface area contributed by atoms with Crippen LogP contribution in [0.2, 0.25) is 5.02 Å². The summed E-state index contributed by atoms with van der Waals surface area (Å²) >= 11 is 5.85. The van der Waals surface area contributed by atoms with Gasteiger partial charge in [-0.2, -0.15) is 18.2 Å². The Labute approximate surface area is 122 Å². The van der Waals surface area contributed by atoms with Gasteiger partial charge in [-0.3, -0.25) is 0 Å². The van der Waals surface area contributed by atoms with Gasteiger partial charge in [0.2, 0.25) is 0 Å². The minimum absolute atomic E-state index is 0.0973. The molecule has 0 unspecified atom stereocenters. The fourth-order valence-electron chi connectivity index (χ4n) is 1.53. The van der Waals surface area contributed by atoms with Crippen molar-refractivity contribution in [2.45, 2.75) is 12.6 Å². The number of hydrogen-bond donors (Lipinski definition) is 1. The molecule has 2 aromatic rings. The molecule has 0 bridgehead atoms. The van der Waals surface area contributed by atoms with Gasteiger partial charge in [0.1, 0.15) is 6.61 Å². The molecule has 0 aliphatic carbocycles. The predicted octanol–water partition coefficient (Wildman–Crippen LogP) is 3.09. The van der Waals surface area contributed by atoms with E-state index in [0.29, 0.717) is 16.3 Å². The van der Waals surface area contributed by atoms with Gasteiger partial charge in [-0.15, -0.1) is 0 Å². The molecule has 0 saturated heterocycles. The van der Waals surface area contributed by atoms with Gasteiger partial charge in [0.05, 0.1) is 12.2 Å². The zero-order chi connectivity index (χ0) is 15.5. The highest BCUT2D eigenvalue weighted by molar-refractivity contribution is 6.31. The molecule has 114 valence electrons. The van der Waals surface area contributed by atoms with Crippen LogP contribution < -0.4 is 5.73 Å². The van der Waals surface area contributed by atoms with Crippen molar-refractivity contribution in [3.63, 3.8) is 0 Å². The van der Waals surface area contributed by atoms with Gasteiger partial charge in [0.25, 0.3) is 5.89 Å². The van der Waals surface area contributed by atoms with Crippen molar-refractivity contribution >= 4 is 17.3 Å². The summed E-state index contributed by atoms with van der Waals surface area (Å²) in [6, 6.07) is 4.77. The molecule has 9 heteroatoms. The highest BCUT2D eigenvalue weighted by atomic mass is 35.5. The molecule has 2 N–H and O–H groups in total. The van der Waals surface area contributed by atoms with Crippen molar-refractivity contribution in [1.29, 1.82) is 0 Å². The summed E-state index contributed by atoms with van der Waals surface area (Å²) in [5.41, 5.74) is 6.64. The van der Waals surface area contributed by atoms with E-state index in [1.807, 2.05) is 0 Å². The zero-order valence-electron chi connectivity index (χ0n) is 10.7. The molecule has 0 radical (unpaired) electrons. The molecular weight excluding hydrogens is 311 g/mol. The zero-order valence-corrected chi connectivity index (χ0v) is 11.4. The molecule has 0 spiro atoms. The third-order valence-corrected chi connectivity index (χ3v) is 2.68. The number of rotatable bonds is 5. The molecule has 0 aliphatic rings. The molecule has 21 heavy (non-hydrogen) atoms. The quantitative estimate of drug-likeness (QED) is 0.676. The smallest absolute Gasteiger partial charge is 0.398 e. The van der Waals surface area contributed by atoms with E-state index in [4.69, 9.17) is 21.9 Å². The van der Waals surface area contributed by atoms with Crippen LogP contribution in [0, 0.1) is 0 Å². The normalized spacial score (nSPS) is 11.8. The molecule has 5 nitrogen and oxygen atoms in total. The van der Waals surface area contributed by atoms with Gasteiger partial charge in [-0.1, -0.05) is 16.8 Å². The second kappa shape index (κ2) is 6.31. The van der Waals surface area contributed by atoms with E-state index in [9.17, 15) is 13.2 Å². The summed E-state index contributed by atoms with van der Waals surface area (Å²) in [7, 11) is 0. The van der Waals surface area contributed by atoms with Gasteiger partial charge in [0.15, 0.2) is 5.82 Å². The number of benzene rings is 1. The Bertz CT molecular complexity index is 616. The molecule has 0 amide bonds. The minimum atomic E-state index is -4.35. The largest absolute Gasteiger partial charge is 0.411 e. The first-order chi connectivity index (χ1) is 9.85. The number of anilines is 1. The van der Waals surface area contributed by atoms with Crippen LogP contribution in [0.25, 0.3) is 11.5 Å². The van der Waals surface area contributed by atoms with Crippen LogP contribution in [0.1, 0.15) is 5.82 Å². The van der Waals surface area contributed by atoms with Crippen LogP contribution in [-0.4, -0.2) is 29.5 Å². The lowest BCUT2D eigenvalue weighted by molar-refractivity contribution is -0.173. The molecule has 0 atom stereocenters. The van der Waals surface area contributed by atoms with Crippen LogP contribution >= 0.6 is 11.6 Å². The summed E-state index contributed by atoms with van der Waals surface area (Å²) in [6.07, 6.45) is -4.25. The number of nitrogens with zero attached hydrogens (tertiary/aromatic N) is 2. The van der Waals surface area contributed by atoms with Crippen molar-refractivity contribution in [2.24, 2.45) is 0 Å². The monoisotopic (exact) mass is 321 g/mol. The first-order valence-electron chi connectivity index (χ1n) is 5.87. The van der Waals surface area contributed by atoms with Crippen molar-refractivity contribution < 1.29 is 22.4 Å². The highest BCUT2D eigenvalue weighted by Crippen LogP contribution is 2.27. The number of nitrogens with two attached hydrogens (primary N) is 1. The second-order valence-electron chi connectivity index (χ2n) is 4.17. The molecule has 0 fully saturated rings. The Morgan fingerprint density at radius 2 is 2.10 bits per heavy atom. The first kappa shape index (κ1) is 15.6. The van der Waals surface area contributed by atoms with E-state index in [2.05, 4.69) is 14.9 Å². The summed E-state index contributed by atoms with van der Waals surface area (Å²) in [5, 5.41) is 4.10. The number of halogens is 4. The number of alkyl halides is 3. The van der Waals surface area contributed by atoms with Crippen molar-refractivity contribution in [3.8, 4) is 11.5 Å². The highest BCUT2D eigenvalue weighted by Gasteiger charge is 2.27. The number of hydrogen-bond acceptors (Lipinski definition) is 5. The summed E-state index contributed by atoms with van der Waals surface area (Å²) < 4.78 is 45.1. The standard InChI is InChI=1S/C12H11ClF3N3O2/c13-7-1-2-9(17)8(5-7)11-18-10(19-21-11)3-4-20-6-12(14,15)16/h1-2,5H,3-4,6,17H2. The number of ether oxygens (including phenoxy) is 1. The maximum absolute atomic E-state index is 11.9. The van der Waals surface area contributed by atoms with Gasteiger partial charge in [-0.05, 0) is 18.2 Å². The average molecular weight is 322 g/mol. The van der Waals surface area contributed by atoms with E-state index in [0.717, 1.165) is 0 Å². The van der Waals surface area contributed by atoms with Crippen molar-refractivity contribution in [2.75, 3.05) is 18.9 Å². The van der Waals surface area contributed by atoms with Gasteiger partial charge >= 0.3 is 6.18 Å². The summed E-state index contributed by atoms with van der Waals surface area (Å²) in [6.45, 7) is -1.47. The maximum atomic E-state index is 11.9. The molecule has 2 rings (SSSR count).